The minimum atomic E-state index is 0.0640. The average Bonchev–Trinajstić information content (AvgIpc) is 2.98. The summed E-state index contributed by atoms with van der Waals surface area (Å²) in [5, 5.41) is 9.68. The van der Waals surface area contributed by atoms with Gasteiger partial charge in [0.1, 0.15) is 12.4 Å². The van der Waals surface area contributed by atoms with Crippen molar-refractivity contribution in [2.75, 3.05) is 18.8 Å². The van der Waals surface area contributed by atoms with Crippen LogP contribution in [0.15, 0.2) is 29.4 Å². The summed E-state index contributed by atoms with van der Waals surface area (Å²) in [4.78, 5) is 14.3. The van der Waals surface area contributed by atoms with E-state index in [9.17, 15) is 4.79 Å². The Morgan fingerprint density at radius 2 is 1.93 bits per heavy atom. The van der Waals surface area contributed by atoms with Gasteiger partial charge in [-0.1, -0.05) is 23.4 Å². The number of halogens is 1. The van der Waals surface area contributed by atoms with E-state index in [1.165, 1.54) is 11.8 Å². The smallest absolute Gasteiger partial charge is 0.233 e. The van der Waals surface area contributed by atoms with Gasteiger partial charge in [0, 0.05) is 25.2 Å². The number of nitrogens with zero attached hydrogens (tertiary/aromatic N) is 4. The maximum absolute atomic E-state index is 12.5. The molecule has 3 rings (SSSR count). The summed E-state index contributed by atoms with van der Waals surface area (Å²) in [5.41, 5.74) is 0. The van der Waals surface area contributed by atoms with Crippen molar-refractivity contribution in [3.8, 4) is 5.75 Å². The van der Waals surface area contributed by atoms with Crippen LogP contribution >= 0.6 is 23.4 Å². The molecular formula is C18H23ClN4O3S. The Hall–Kier alpha value is -1.77. The molecule has 2 aromatic rings. The third kappa shape index (κ3) is 5.37. The van der Waals surface area contributed by atoms with E-state index in [0.717, 1.165) is 0 Å². The highest BCUT2D eigenvalue weighted by Crippen LogP contribution is 2.20. The summed E-state index contributed by atoms with van der Waals surface area (Å²) in [6.07, 6.45) is 0.128. The van der Waals surface area contributed by atoms with Crippen LogP contribution in [0.5, 0.6) is 5.75 Å². The van der Waals surface area contributed by atoms with Gasteiger partial charge in [-0.25, -0.2) is 0 Å². The lowest BCUT2D eigenvalue weighted by Gasteiger charge is -2.35. The number of carbonyl (C=O) groups is 1. The second-order valence-corrected chi connectivity index (χ2v) is 7.92. The molecular weight excluding hydrogens is 388 g/mol. The van der Waals surface area contributed by atoms with Gasteiger partial charge < -0.3 is 18.9 Å². The molecule has 7 nitrogen and oxygen atoms in total. The van der Waals surface area contributed by atoms with Crippen LogP contribution in [0.2, 0.25) is 5.02 Å². The van der Waals surface area contributed by atoms with Gasteiger partial charge in [-0.15, -0.1) is 10.2 Å². The van der Waals surface area contributed by atoms with Crippen LogP contribution in [-0.4, -0.2) is 56.6 Å². The number of carbonyl (C=O) groups excluding carboxylic acids is 1. The van der Waals surface area contributed by atoms with Gasteiger partial charge in [0.15, 0.2) is 11.0 Å². The zero-order valence-electron chi connectivity index (χ0n) is 15.6. The lowest BCUT2D eigenvalue weighted by atomic mass is 10.2. The standard InChI is InChI=1S/C18H23ClN4O3S/c1-12-8-23(9-13(2)26-12)17(24)11-27-18-21-20-16(22(18)3)10-25-15-6-4-14(19)5-7-15/h4-7,12-13H,8-11H2,1-3H3/t12-,13-/m1/s1. The molecule has 1 aliphatic heterocycles. The summed E-state index contributed by atoms with van der Waals surface area (Å²) in [7, 11) is 1.87. The summed E-state index contributed by atoms with van der Waals surface area (Å²) in [5.74, 6) is 1.81. The van der Waals surface area contributed by atoms with Gasteiger partial charge in [0.25, 0.3) is 0 Å². The van der Waals surface area contributed by atoms with Crippen molar-refractivity contribution in [2.45, 2.75) is 37.8 Å². The number of benzene rings is 1. The first-order valence-electron chi connectivity index (χ1n) is 8.75. The zero-order valence-corrected chi connectivity index (χ0v) is 17.2. The van der Waals surface area contributed by atoms with E-state index in [1.807, 2.05) is 30.4 Å². The molecule has 0 radical (unpaired) electrons. The van der Waals surface area contributed by atoms with Crippen molar-refractivity contribution in [1.29, 1.82) is 0 Å². The van der Waals surface area contributed by atoms with E-state index in [0.29, 0.717) is 40.6 Å². The number of morpholine rings is 1. The van der Waals surface area contributed by atoms with Crippen LogP contribution in [0.3, 0.4) is 0 Å². The Kier molecular flexibility index (Phi) is 6.62. The van der Waals surface area contributed by atoms with E-state index >= 15 is 0 Å². The van der Waals surface area contributed by atoms with Crippen molar-refractivity contribution in [3.63, 3.8) is 0 Å². The molecule has 1 aromatic carbocycles. The number of ether oxygens (including phenoxy) is 2. The molecule has 2 atom stereocenters. The maximum atomic E-state index is 12.5. The molecule has 146 valence electrons. The number of hydrogen-bond acceptors (Lipinski definition) is 6. The summed E-state index contributed by atoms with van der Waals surface area (Å²) >= 11 is 7.25. The van der Waals surface area contributed by atoms with Crippen molar-refractivity contribution < 1.29 is 14.3 Å². The quantitative estimate of drug-likeness (QED) is 0.682. The molecule has 0 unspecified atom stereocenters. The Balaban J connectivity index is 1.52. The normalized spacial score (nSPS) is 19.9. The lowest BCUT2D eigenvalue weighted by Crippen LogP contribution is -2.48. The number of hydrogen-bond donors (Lipinski definition) is 0. The van der Waals surface area contributed by atoms with Crippen LogP contribution in [0, 0.1) is 0 Å². The third-order valence-corrected chi connectivity index (χ3v) is 5.46. The minimum absolute atomic E-state index is 0.0640. The predicted octanol–water partition coefficient (Wildman–Crippen LogP) is 2.78. The number of rotatable bonds is 6. The first-order chi connectivity index (χ1) is 12.9. The van der Waals surface area contributed by atoms with Gasteiger partial charge in [-0.2, -0.15) is 0 Å². The molecule has 0 aliphatic carbocycles. The SMILES string of the molecule is C[C@@H]1CN(C(=O)CSc2nnc(COc3ccc(Cl)cc3)n2C)C[C@@H](C)O1. The monoisotopic (exact) mass is 410 g/mol. The van der Waals surface area contributed by atoms with Crippen molar-refractivity contribution >= 4 is 29.3 Å². The molecule has 27 heavy (non-hydrogen) atoms. The zero-order chi connectivity index (χ0) is 19.4. The number of amides is 1. The predicted molar refractivity (Wildman–Crippen MR) is 104 cm³/mol. The molecule has 9 heteroatoms. The van der Waals surface area contributed by atoms with Gasteiger partial charge in [-0.05, 0) is 38.1 Å². The van der Waals surface area contributed by atoms with E-state index < -0.39 is 0 Å². The van der Waals surface area contributed by atoms with Gasteiger partial charge >= 0.3 is 0 Å². The fourth-order valence-corrected chi connectivity index (χ4v) is 3.83. The summed E-state index contributed by atoms with van der Waals surface area (Å²) < 4.78 is 13.2. The van der Waals surface area contributed by atoms with E-state index in [2.05, 4.69) is 10.2 Å². The largest absolute Gasteiger partial charge is 0.486 e. The highest BCUT2D eigenvalue weighted by molar-refractivity contribution is 7.99. The first kappa shape index (κ1) is 20.0. The molecule has 1 saturated heterocycles. The van der Waals surface area contributed by atoms with Crippen LogP contribution < -0.4 is 4.74 Å². The van der Waals surface area contributed by atoms with E-state index in [1.54, 1.807) is 24.3 Å². The highest BCUT2D eigenvalue weighted by atomic mass is 35.5. The first-order valence-corrected chi connectivity index (χ1v) is 10.1. The second kappa shape index (κ2) is 8.95. The van der Waals surface area contributed by atoms with Crippen LogP contribution in [0.25, 0.3) is 0 Å². The highest BCUT2D eigenvalue weighted by Gasteiger charge is 2.26. The average molecular weight is 411 g/mol. The molecule has 1 aliphatic rings. The van der Waals surface area contributed by atoms with Gasteiger partial charge in [0.2, 0.25) is 5.91 Å². The molecule has 2 heterocycles. The van der Waals surface area contributed by atoms with Crippen molar-refractivity contribution in [1.82, 2.24) is 19.7 Å². The molecule has 1 fully saturated rings. The topological polar surface area (TPSA) is 69.5 Å². The Morgan fingerprint density at radius 1 is 1.26 bits per heavy atom. The van der Waals surface area contributed by atoms with Crippen LogP contribution in [0.1, 0.15) is 19.7 Å². The molecule has 1 aromatic heterocycles. The van der Waals surface area contributed by atoms with Crippen LogP contribution in [0.4, 0.5) is 0 Å². The minimum Gasteiger partial charge on any atom is -0.486 e. The third-order valence-electron chi connectivity index (χ3n) is 4.20. The van der Waals surface area contributed by atoms with Crippen molar-refractivity contribution in [3.05, 3.63) is 35.1 Å². The Bertz CT molecular complexity index is 773. The molecule has 0 N–H and O–H groups in total. The second-order valence-electron chi connectivity index (χ2n) is 6.55. The van der Waals surface area contributed by atoms with Crippen molar-refractivity contribution in [2.24, 2.45) is 7.05 Å². The van der Waals surface area contributed by atoms with Gasteiger partial charge in [-0.3, -0.25) is 4.79 Å². The Morgan fingerprint density at radius 3 is 2.59 bits per heavy atom. The molecule has 0 bridgehead atoms. The lowest BCUT2D eigenvalue weighted by molar-refractivity contribution is -0.140. The molecule has 0 saturated carbocycles. The molecule has 0 spiro atoms. The van der Waals surface area contributed by atoms with Crippen LogP contribution in [-0.2, 0) is 23.2 Å². The number of thioether (sulfide) groups is 1. The van der Waals surface area contributed by atoms with Gasteiger partial charge in [0.05, 0.1) is 18.0 Å². The fraction of sp³-hybridized carbons (Fsp3) is 0.500. The molecule has 1 amide bonds. The van der Waals surface area contributed by atoms with E-state index in [-0.39, 0.29) is 24.7 Å². The summed E-state index contributed by atoms with van der Waals surface area (Å²) in [6, 6.07) is 7.15. The maximum Gasteiger partial charge on any atom is 0.233 e. The number of aromatic nitrogens is 3. The summed E-state index contributed by atoms with van der Waals surface area (Å²) in [6.45, 7) is 5.51. The van der Waals surface area contributed by atoms with E-state index in [4.69, 9.17) is 21.1 Å². The fourth-order valence-electron chi connectivity index (χ4n) is 2.87. The Labute approximate surface area is 168 Å².